The number of hydrogen-bond acceptors (Lipinski definition) is 5. The van der Waals surface area contributed by atoms with E-state index in [0.717, 1.165) is 0 Å². The summed E-state index contributed by atoms with van der Waals surface area (Å²) >= 11 is 17.1. The molecule has 0 heterocycles. The highest BCUT2D eigenvalue weighted by Crippen LogP contribution is 2.29. The van der Waals surface area contributed by atoms with Crippen LogP contribution in [0.15, 0.2) is 36.4 Å². The Morgan fingerprint density at radius 1 is 1.07 bits per heavy atom. The smallest absolute Gasteiger partial charge is 0.266 e. The predicted octanol–water partition coefficient (Wildman–Crippen LogP) is 4.29. The highest BCUT2D eigenvalue weighted by atomic mass is 35.5. The molecule has 1 unspecified atom stereocenters. The second-order valence-corrected chi connectivity index (χ2v) is 6.60. The van der Waals surface area contributed by atoms with Crippen molar-refractivity contribution >= 4 is 52.1 Å². The molecule has 2 N–H and O–H groups in total. The summed E-state index contributed by atoms with van der Waals surface area (Å²) in [6.45, 7) is 1.58. The molecule has 0 spiro atoms. The molecule has 0 aliphatic carbocycles. The number of nitrogens with one attached hydrogen (secondary N) is 2. The van der Waals surface area contributed by atoms with Crippen LogP contribution < -0.4 is 24.8 Å². The zero-order chi connectivity index (χ0) is 20.0. The van der Waals surface area contributed by atoms with Crippen LogP contribution in [0.4, 0.5) is 5.69 Å². The summed E-state index contributed by atoms with van der Waals surface area (Å²) in [6, 6.07) is 9.90. The van der Waals surface area contributed by atoms with Gasteiger partial charge in [0, 0.05) is 11.1 Å². The van der Waals surface area contributed by atoms with E-state index in [2.05, 4.69) is 10.6 Å². The maximum Gasteiger partial charge on any atom is 0.266 e. The highest BCUT2D eigenvalue weighted by molar-refractivity contribution is 7.80. The summed E-state index contributed by atoms with van der Waals surface area (Å²) in [5.41, 5.74) is 0.581. The molecule has 0 saturated heterocycles. The van der Waals surface area contributed by atoms with Gasteiger partial charge in [0.05, 0.1) is 24.9 Å². The Morgan fingerprint density at radius 3 is 2.44 bits per heavy atom. The van der Waals surface area contributed by atoms with Crippen LogP contribution in [0.2, 0.25) is 10.0 Å². The second-order valence-electron chi connectivity index (χ2n) is 5.34. The topological polar surface area (TPSA) is 68.8 Å². The molecule has 144 valence electrons. The van der Waals surface area contributed by atoms with Gasteiger partial charge in [0.15, 0.2) is 11.2 Å². The average molecular weight is 429 g/mol. The van der Waals surface area contributed by atoms with Gasteiger partial charge in [0.1, 0.15) is 17.2 Å². The van der Waals surface area contributed by atoms with Crippen LogP contribution in [0, 0.1) is 0 Å². The Morgan fingerprint density at radius 2 is 1.81 bits per heavy atom. The summed E-state index contributed by atoms with van der Waals surface area (Å²) < 4.78 is 16.0. The molecule has 2 aromatic rings. The van der Waals surface area contributed by atoms with Crippen LogP contribution in [0.3, 0.4) is 0 Å². The van der Waals surface area contributed by atoms with E-state index in [1.807, 2.05) is 0 Å². The number of ether oxygens (including phenoxy) is 3. The van der Waals surface area contributed by atoms with Gasteiger partial charge in [-0.25, -0.2) is 0 Å². The summed E-state index contributed by atoms with van der Waals surface area (Å²) in [7, 11) is 3.08. The molecule has 0 radical (unpaired) electrons. The molecule has 0 aliphatic rings. The van der Waals surface area contributed by atoms with E-state index in [1.165, 1.54) is 13.2 Å². The first-order valence-corrected chi connectivity index (χ1v) is 8.96. The highest BCUT2D eigenvalue weighted by Gasteiger charge is 2.18. The molecule has 6 nitrogen and oxygen atoms in total. The van der Waals surface area contributed by atoms with Gasteiger partial charge in [-0.2, -0.15) is 0 Å². The van der Waals surface area contributed by atoms with Gasteiger partial charge in [-0.1, -0.05) is 23.2 Å². The molecule has 0 aromatic heterocycles. The summed E-state index contributed by atoms with van der Waals surface area (Å²) in [4.78, 5) is 12.3. The van der Waals surface area contributed by atoms with E-state index in [0.29, 0.717) is 33.0 Å². The number of anilines is 1. The number of methoxy groups -OCH3 is 2. The third-order valence-corrected chi connectivity index (χ3v) is 4.20. The van der Waals surface area contributed by atoms with Crippen molar-refractivity contribution in [1.29, 1.82) is 0 Å². The van der Waals surface area contributed by atoms with Gasteiger partial charge in [0.2, 0.25) is 0 Å². The average Bonchev–Trinajstić information content (AvgIpc) is 2.64. The molecule has 0 fully saturated rings. The lowest BCUT2D eigenvalue weighted by molar-refractivity contribution is -0.125. The number of benzene rings is 2. The van der Waals surface area contributed by atoms with E-state index < -0.39 is 12.0 Å². The van der Waals surface area contributed by atoms with Gasteiger partial charge in [-0.15, -0.1) is 0 Å². The molecule has 9 heteroatoms. The number of halogens is 2. The molecule has 0 saturated carbocycles. The third-order valence-electron chi connectivity index (χ3n) is 3.46. The van der Waals surface area contributed by atoms with Gasteiger partial charge in [-0.05, 0) is 49.5 Å². The number of carbonyl (C=O) groups is 1. The normalized spacial score (nSPS) is 11.3. The monoisotopic (exact) mass is 428 g/mol. The van der Waals surface area contributed by atoms with Crippen molar-refractivity contribution in [2.45, 2.75) is 13.0 Å². The Bertz CT molecular complexity index is 848. The zero-order valence-electron chi connectivity index (χ0n) is 14.8. The minimum Gasteiger partial charge on any atom is -0.497 e. The largest absolute Gasteiger partial charge is 0.497 e. The van der Waals surface area contributed by atoms with Crippen LogP contribution in [0.25, 0.3) is 0 Å². The molecule has 1 atom stereocenters. The van der Waals surface area contributed by atoms with Crippen LogP contribution in [0.1, 0.15) is 6.92 Å². The summed E-state index contributed by atoms with van der Waals surface area (Å²) in [5, 5.41) is 6.35. The molecule has 2 aromatic carbocycles. The van der Waals surface area contributed by atoms with Gasteiger partial charge < -0.3 is 19.5 Å². The fraction of sp³-hybridized carbons (Fsp3) is 0.222. The SMILES string of the molecule is COc1ccc(NC(=S)NC(=O)C(C)Oc2ccc(Cl)cc2Cl)c(OC)c1. The first-order chi connectivity index (χ1) is 12.8. The standard InChI is InChI=1S/C18H18Cl2N2O4S/c1-10(26-15-7-4-11(19)8-13(15)20)17(23)22-18(27)21-14-6-5-12(24-2)9-16(14)25-3/h4-10H,1-3H3,(H2,21,22,23,27). The number of carbonyl (C=O) groups excluding carboxylic acids is 1. The van der Waals surface area contributed by atoms with E-state index in [4.69, 9.17) is 49.6 Å². The van der Waals surface area contributed by atoms with Crippen LogP contribution in [0.5, 0.6) is 17.2 Å². The van der Waals surface area contributed by atoms with Crippen molar-refractivity contribution in [1.82, 2.24) is 5.32 Å². The number of hydrogen-bond donors (Lipinski definition) is 2. The first kappa shape index (κ1) is 21.1. The molecule has 2 rings (SSSR count). The van der Waals surface area contributed by atoms with Gasteiger partial charge in [-0.3, -0.25) is 10.1 Å². The molecule has 1 amide bonds. The molecule has 27 heavy (non-hydrogen) atoms. The Hall–Kier alpha value is -2.22. The fourth-order valence-electron chi connectivity index (χ4n) is 2.08. The summed E-state index contributed by atoms with van der Waals surface area (Å²) in [5.74, 6) is 1.06. The van der Waals surface area contributed by atoms with Crippen LogP contribution in [-0.2, 0) is 4.79 Å². The third kappa shape index (κ3) is 5.89. The van der Waals surface area contributed by atoms with E-state index in [9.17, 15) is 4.79 Å². The Kier molecular flexibility index (Phi) is 7.53. The van der Waals surface area contributed by atoms with Crippen molar-refractivity contribution in [2.24, 2.45) is 0 Å². The minimum atomic E-state index is -0.832. The Labute approximate surface area is 172 Å². The lowest BCUT2D eigenvalue weighted by Crippen LogP contribution is -2.42. The van der Waals surface area contributed by atoms with E-state index >= 15 is 0 Å². The summed E-state index contributed by atoms with van der Waals surface area (Å²) in [6.07, 6.45) is -0.832. The van der Waals surface area contributed by atoms with Crippen molar-refractivity contribution in [2.75, 3.05) is 19.5 Å². The number of rotatable bonds is 6. The van der Waals surface area contributed by atoms with Crippen molar-refractivity contribution in [3.05, 3.63) is 46.4 Å². The van der Waals surface area contributed by atoms with E-state index in [1.54, 1.807) is 44.4 Å². The maximum atomic E-state index is 12.3. The van der Waals surface area contributed by atoms with Crippen molar-refractivity contribution in [3.63, 3.8) is 0 Å². The maximum absolute atomic E-state index is 12.3. The van der Waals surface area contributed by atoms with Crippen molar-refractivity contribution in [3.8, 4) is 17.2 Å². The molecular weight excluding hydrogens is 411 g/mol. The zero-order valence-corrected chi connectivity index (χ0v) is 17.2. The Balaban J connectivity index is 1.97. The minimum absolute atomic E-state index is 0.0983. The van der Waals surface area contributed by atoms with Gasteiger partial charge >= 0.3 is 0 Å². The lowest BCUT2D eigenvalue weighted by atomic mass is 10.2. The molecule has 0 aliphatic heterocycles. The lowest BCUT2D eigenvalue weighted by Gasteiger charge is -2.17. The van der Waals surface area contributed by atoms with Crippen molar-refractivity contribution < 1.29 is 19.0 Å². The molecule has 0 bridgehead atoms. The first-order valence-electron chi connectivity index (χ1n) is 7.79. The van der Waals surface area contributed by atoms with Crippen LogP contribution >= 0.6 is 35.4 Å². The second kappa shape index (κ2) is 9.64. The number of thiocarbonyl (C=S) groups is 1. The van der Waals surface area contributed by atoms with Gasteiger partial charge in [0.25, 0.3) is 5.91 Å². The van der Waals surface area contributed by atoms with E-state index in [-0.39, 0.29) is 5.11 Å². The predicted molar refractivity (Wildman–Crippen MR) is 110 cm³/mol. The fourth-order valence-corrected chi connectivity index (χ4v) is 2.75. The molecular formula is C18H18Cl2N2O4S. The number of amides is 1. The van der Waals surface area contributed by atoms with Crippen LogP contribution in [-0.4, -0.2) is 31.3 Å². The quantitative estimate of drug-likeness (QED) is 0.668.